The van der Waals surface area contributed by atoms with Gasteiger partial charge in [0.2, 0.25) is 0 Å². The number of aliphatic carboxylic acids is 1. The van der Waals surface area contributed by atoms with Crippen LogP contribution in [0.2, 0.25) is 0 Å². The predicted octanol–water partition coefficient (Wildman–Crippen LogP) is 7.15. The van der Waals surface area contributed by atoms with Gasteiger partial charge in [0.1, 0.15) is 5.75 Å². The predicted molar refractivity (Wildman–Crippen MR) is 129 cm³/mol. The monoisotopic (exact) mass is 525 g/mol. The molecule has 4 nitrogen and oxygen atoms in total. The molecule has 0 aromatic heterocycles. The van der Waals surface area contributed by atoms with Crippen LogP contribution >= 0.6 is 0 Å². The summed E-state index contributed by atoms with van der Waals surface area (Å²) in [5.41, 5.74) is 0.705. The van der Waals surface area contributed by atoms with E-state index in [9.17, 15) is 31.9 Å². The number of carboxylic acid groups (broad SMARTS) is 1. The normalized spacial score (nSPS) is 28.6. The lowest BCUT2D eigenvalue weighted by Crippen LogP contribution is -2.45. The Balaban J connectivity index is 1.30. The van der Waals surface area contributed by atoms with Crippen LogP contribution in [0.1, 0.15) is 68.9 Å². The molecular formula is C28H32F5NO3. The Labute approximate surface area is 212 Å². The van der Waals surface area contributed by atoms with Crippen molar-refractivity contribution in [3.8, 4) is 5.75 Å². The minimum Gasteiger partial charge on any atom is -0.490 e. The van der Waals surface area contributed by atoms with Gasteiger partial charge in [0.05, 0.1) is 23.5 Å². The number of nitrogens with zero attached hydrogens (tertiary/aromatic N) is 1. The molecule has 0 radical (unpaired) electrons. The standard InChI is InChI=1S/C28H32F5NO3/c29-26(30)25-23-13-16(11-12-34-20-6-7-21(34)15-18(14-20)27(35)36)1-2-17(23)3-10-24(25)37-22-8-4-19(5-9-22)28(31,32)33/h1-3,10,13,18-22,26H,4-9,11-12,14-15H2,(H,35,36). The first-order valence-corrected chi connectivity index (χ1v) is 13.2. The number of ether oxygens (including phenoxy) is 1. The molecule has 2 bridgehead atoms. The Morgan fingerprint density at radius 2 is 1.65 bits per heavy atom. The van der Waals surface area contributed by atoms with Crippen LogP contribution in [0, 0.1) is 11.8 Å². The number of hydrogen-bond donors (Lipinski definition) is 1. The topological polar surface area (TPSA) is 49.8 Å². The van der Waals surface area contributed by atoms with E-state index in [1.807, 2.05) is 12.1 Å². The van der Waals surface area contributed by atoms with Gasteiger partial charge in [0, 0.05) is 18.6 Å². The van der Waals surface area contributed by atoms with Crippen molar-refractivity contribution >= 4 is 16.7 Å². The van der Waals surface area contributed by atoms with Gasteiger partial charge in [-0.3, -0.25) is 9.69 Å². The molecule has 3 aliphatic rings. The quantitative estimate of drug-likeness (QED) is 0.390. The fourth-order valence-electron chi connectivity index (χ4n) is 6.64. The van der Waals surface area contributed by atoms with E-state index in [0.717, 1.165) is 24.9 Å². The zero-order chi connectivity index (χ0) is 26.3. The lowest BCUT2D eigenvalue weighted by atomic mass is 9.87. The van der Waals surface area contributed by atoms with E-state index >= 15 is 0 Å². The van der Waals surface area contributed by atoms with Gasteiger partial charge in [0.25, 0.3) is 6.43 Å². The van der Waals surface area contributed by atoms with Gasteiger partial charge < -0.3 is 9.84 Å². The lowest BCUT2D eigenvalue weighted by Gasteiger charge is -2.37. The second-order valence-corrected chi connectivity index (χ2v) is 10.8. The summed E-state index contributed by atoms with van der Waals surface area (Å²) in [4.78, 5) is 13.8. The van der Waals surface area contributed by atoms with Crippen LogP contribution in [0.5, 0.6) is 5.75 Å². The third-order valence-corrected chi connectivity index (χ3v) is 8.63. The highest BCUT2D eigenvalue weighted by molar-refractivity contribution is 5.88. The second-order valence-electron chi connectivity index (χ2n) is 10.8. The molecule has 1 saturated carbocycles. The van der Waals surface area contributed by atoms with Crippen molar-refractivity contribution in [2.45, 2.75) is 88.6 Å². The molecule has 3 fully saturated rings. The lowest BCUT2D eigenvalue weighted by molar-refractivity contribution is -0.185. The van der Waals surface area contributed by atoms with Crippen LogP contribution in [0.25, 0.3) is 10.8 Å². The Bertz CT molecular complexity index is 1110. The Morgan fingerprint density at radius 3 is 2.24 bits per heavy atom. The van der Waals surface area contributed by atoms with Gasteiger partial charge in [-0.1, -0.05) is 24.3 Å². The number of fused-ring (bicyclic) bond motifs is 3. The SMILES string of the molecule is O=C(O)C1CC2CCC(C1)N2CCc1ccc2ccc(OC3CCC(C(F)(F)F)CC3)c(C(F)F)c2c1. The van der Waals surface area contributed by atoms with E-state index in [1.54, 1.807) is 12.1 Å². The van der Waals surface area contributed by atoms with Gasteiger partial charge in [-0.15, -0.1) is 0 Å². The van der Waals surface area contributed by atoms with E-state index in [0.29, 0.717) is 30.0 Å². The van der Waals surface area contributed by atoms with Crippen molar-refractivity contribution < 1.29 is 36.6 Å². The molecule has 0 amide bonds. The molecule has 1 aliphatic carbocycles. The van der Waals surface area contributed by atoms with Gasteiger partial charge in [-0.05, 0) is 80.2 Å². The second kappa shape index (κ2) is 10.4. The smallest absolute Gasteiger partial charge is 0.391 e. The third-order valence-electron chi connectivity index (χ3n) is 8.63. The molecule has 2 unspecified atom stereocenters. The number of alkyl halides is 5. The summed E-state index contributed by atoms with van der Waals surface area (Å²) in [6.07, 6.45) is -3.30. The van der Waals surface area contributed by atoms with E-state index in [1.165, 1.54) is 6.07 Å². The van der Waals surface area contributed by atoms with Crippen LogP contribution in [-0.2, 0) is 11.2 Å². The van der Waals surface area contributed by atoms with Gasteiger partial charge in [0.15, 0.2) is 0 Å². The zero-order valence-electron chi connectivity index (χ0n) is 20.5. The Hall–Kier alpha value is -2.42. The summed E-state index contributed by atoms with van der Waals surface area (Å²) >= 11 is 0. The molecule has 2 atom stereocenters. The summed E-state index contributed by atoms with van der Waals surface area (Å²) in [6.45, 7) is 0.746. The van der Waals surface area contributed by atoms with Gasteiger partial charge >= 0.3 is 12.1 Å². The van der Waals surface area contributed by atoms with Crippen molar-refractivity contribution in [1.82, 2.24) is 4.90 Å². The van der Waals surface area contributed by atoms with Crippen LogP contribution in [0.4, 0.5) is 22.0 Å². The molecule has 5 rings (SSSR count). The van der Waals surface area contributed by atoms with Gasteiger partial charge in [-0.2, -0.15) is 13.2 Å². The van der Waals surface area contributed by atoms with Crippen molar-refractivity contribution in [3.63, 3.8) is 0 Å². The first-order valence-electron chi connectivity index (χ1n) is 13.2. The summed E-state index contributed by atoms with van der Waals surface area (Å²) in [7, 11) is 0. The average molecular weight is 526 g/mol. The fourth-order valence-corrected chi connectivity index (χ4v) is 6.64. The third kappa shape index (κ3) is 5.56. The maximum absolute atomic E-state index is 14.3. The Morgan fingerprint density at radius 1 is 1.00 bits per heavy atom. The Kier molecular flexibility index (Phi) is 7.35. The van der Waals surface area contributed by atoms with Crippen molar-refractivity contribution in [2.75, 3.05) is 6.54 Å². The summed E-state index contributed by atoms with van der Waals surface area (Å²) in [6, 6.07) is 9.26. The molecule has 2 aliphatic heterocycles. The average Bonchev–Trinajstić information content (AvgIpc) is 3.08. The molecule has 0 spiro atoms. The highest BCUT2D eigenvalue weighted by atomic mass is 19.4. The number of piperidine rings is 1. The number of rotatable bonds is 7. The van der Waals surface area contributed by atoms with E-state index < -0.39 is 30.6 Å². The van der Waals surface area contributed by atoms with E-state index in [2.05, 4.69) is 4.90 Å². The number of halogens is 5. The van der Waals surface area contributed by atoms with Crippen molar-refractivity contribution in [3.05, 3.63) is 41.5 Å². The van der Waals surface area contributed by atoms with E-state index in [4.69, 9.17) is 4.74 Å². The zero-order valence-corrected chi connectivity index (χ0v) is 20.5. The molecule has 2 aromatic rings. The summed E-state index contributed by atoms with van der Waals surface area (Å²) in [5.74, 6) is -2.32. The number of carboxylic acids is 1. The van der Waals surface area contributed by atoms with E-state index in [-0.39, 0.29) is 55.0 Å². The minimum absolute atomic E-state index is 0.0453. The number of carbonyl (C=O) groups is 1. The maximum Gasteiger partial charge on any atom is 0.391 e. The molecule has 202 valence electrons. The van der Waals surface area contributed by atoms with Crippen LogP contribution < -0.4 is 4.74 Å². The maximum atomic E-state index is 14.3. The molecule has 37 heavy (non-hydrogen) atoms. The highest BCUT2D eigenvalue weighted by Gasteiger charge is 2.43. The van der Waals surface area contributed by atoms with Crippen molar-refractivity contribution in [2.24, 2.45) is 11.8 Å². The first-order chi connectivity index (χ1) is 17.6. The first kappa shape index (κ1) is 26.2. The van der Waals surface area contributed by atoms with Gasteiger partial charge in [-0.25, -0.2) is 8.78 Å². The minimum atomic E-state index is -4.23. The highest BCUT2D eigenvalue weighted by Crippen LogP contribution is 2.42. The molecule has 9 heteroatoms. The number of hydrogen-bond acceptors (Lipinski definition) is 3. The molecule has 2 aromatic carbocycles. The fraction of sp³-hybridized carbons (Fsp3) is 0.607. The van der Waals surface area contributed by atoms with Crippen molar-refractivity contribution in [1.29, 1.82) is 0 Å². The largest absolute Gasteiger partial charge is 0.490 e. The molecule has 1 N–H and O–H groups in total. The molecular weight excluding hydrogens is 493 g/mol. The molecule has 2 heterocycles. The number of benzene rings is 2. The molecule has 2 saturated heterocycles. The summed E-state index contributed by atoms with van der Waals surface area (Å²) in [5, 5.41) is 10.5. The summed E-state index contributed by atoms with van der Waals surface area (Å²) < 4.78 is 73.4. The van der Waals surface area contributed by atoms with Crippen LogP contribution in [0.3, 0.4) is 0 Å². The van der Waals surface area contributed by atoms with Crippen LogP contribution in [-0.4, -0.2) is 46.9 Å². The van der Waals surface area contributed by atoms with Crippen LogP contribution in [0.15, 0.2) is 30.3 Å².